The lowest BCUT2D eigenvalue weighted by atomic mass is 10.1. The lowest BCUT2D eigenvalue weighted by molar-refractivity contribution is 0.616. The van der Waals surface area contributed by atoms with E-state index in [-0.39, 0.29) is 5.82 Å². The van der Waals surface area contributed by atoms with Crippen LogP contribution >= 0.6 is 12.2 Å². The average molecular weight is 449 g/mol. The molecule has 2 heterocycles. The Labute approximate surface area is 192 Å². The van der Waals surface area contributed by atoms with E-state index in [1.54, 1.807) is 12.3 Å². The van der Waals surface area contributed by atoms with Crippen molar-refractivity contribution in [2.45, 2.75) is 33.9 Å². The second-order valence-corrected chi connectivity index (χ2v) is 8.17. The van der Waals surface area contributed by atoms with Crippen LogP contribution in [0.1, 0.15) is 28.1 Å². The van der Waals surface area contributed by atoms with Crippen molar-refractivity contribution in [1.82, 2.24) is 19.6 Å². The fourth-order valence-electron chi connectivity index (χ4n) is 3.59. The van der Waals surface area contributed by atoms with Crippen LogP contribution in [-0.4, -0.2) is 24.7 Å². The van der Waals surface area contributed by atoms with Crippen LogP contribution in [0, 0.1) is 26.6 Å². The van der Waals surface area contributed by atoms with Crippen molar-refractivity contribution >= 4 is 28.7 Å². The number of rotatable bonds is 6. The highest BCUT2D eigenvalue weighted by atomic mass is 32.1. The van der Waals surface area contributed by atoms with Crippen molar-refractivity contribution in [2.75, 3.05) is 10.6 Å². The molecule has 164 valence electrons. The zero-order valence-electron chi connectivity index (χ0n) is 18.3. The van der Waals surface area contributed by atoms with Gasteiger partial charge in [0.25, 0.3) is 0 Å². The molecule has 0 saturated heterocycles. The van der Waals surface area contributed by atoms with Crippen molar-refractivity contribution in [2.24, 2.45) is 0 Å². The molecule has 0 bridgehead atoms. The monoisotopic (exact) mass is 448 g/mol. The van der Waals surface area contributed by atoms with Crippen LogP contribution in [0.4, 0.5) is 15.8 Å². The summed E-state index contributed by atoms with van der Waals surface area (Å²) in [7, 11) is 0. The summed E-state index contributed by atoms with van der Waals surface area (Å²) in [5.74, 6) is -0.254. The quantitative estimate of drug-likeness (QED) is 0.404. The maximum atomic E-state index is 13.5. The van der Waals surface area contributed by atoms with E-state index in [1.807, 2.05) is 47.6 Å². The van der Waals surface area contributed by atoms with Gasteiger partial charge in [-0.05, 0) is 61.8 Å². The number of aromatic nitrogens is 4. The number of anilines is 2. The number of hydrogen-bond donors (Lipinski definition) is 2. The summed E-state index contributed by atoms with van der Waals surface area (Å²) in [6.07, 6.45) is 3.67. The zero-order chi connectivity index (χ0) is 22.7. The van der Waals surface area contributed by atoms with Gasteiger partial charge in [0.05, 0.1) is 42.0 Å². The Morgan fingerprint density at radius 2 is 1.84 bits per heavy atom. The third-order valence-corrected chi connectivity index (χ3v) is 5.53. The molecule has 0 aliphatic carbocycles. The largest absolute Gasteiger partial charge is 0.330 e. The number of nitrogens with one attached hydrogen (secondary N) is 2. The second-order valence-electron chi connectivity index (χ2n) is 7.77. The van der Waals surface area contributed by atoms with Crippen LogP contribution in [0.25, 0.3) is 0 Å². The molecule has 0 atom stereocenters. The van der Waals surface area contributed by atoms with Crippen molar-refractivity contribution < 1.29 is 4.39 Å². The van der Waals surface area contributed by atoms with E-state index in [2.05, 4.69) is 39.9 Å². The molecule has 8 heteroatoms. The van der Waals surface area contributed by atoms with Gasteiger partial charge in [0.15, 0.2) is 5.11 Å². The van der Waals surface area contributed by atoms with Crippen LogP contribution < -0.4 is 10.6 Å². The van der Waals surface area contributed by atoms with E-state index in [1.165, 1.54) is 23.3 Å². The van der Waals surface area contributed by atoms with E-state index in [4.69, 9.17) is 12.2 Å². The first kappa shape index (κ1) is 21.7. The Kier molecular flexibility index (Phi) is 6.32. The van der Waals surface area contributed by atoms with Crippen LogP contribution in [0.3, 0.4) is 0 Å². The van der Waals surface area contributed by atoms with Gasteiger partial charge in [-0.15, -0.1) is 0 Å². The summed E-state index contributed by atoms with van der Waals surface area (Å²) in [6, 6.07) is 14.8. The van der Waals surface area contributed by atoms with Crippen molar-refractivity contribution in [3.63, 3.8) is 0 Å². The van der Waals surface area contributed by atoms with E-state index >= 15 is 0 Å². The van der Waals surface area contributed by atoms with E-state index in [0.717, 1.165) is 28.3 Å². The number of hydrogen-bond acceptors (Lipinski definition) is 3. The minimum atomic E-state index is -0.254. The molecule has 0 aliphatic heterocycles. The van der Waals surface area contributed by atoms with E-state index < -0.39 is 0 Å². The molecule has 0 fully saturated rings. The topological polar surface area (TPSA) is 59.7 Å². The predicted molar refractivity (Wildman–Crippen MR) is 130 cm³/mol. The summed E-state index contributed by atoms with van der Waals surface area (Å²) in [5, 5.41) is 15.9. The molecule has 2 N–H and O–H groups in total. The molecular weight excluding hydrogens is 423 g/mol. The summed E-state index contributed by atoms with van der Waals surface area (Å²) in [4.78, 5) is 0. The maximum Gasteiger partial charge on any atom is 0.175 e. The highest BCUT2D eigenvalue weighted by Gasteiger charge is 2.14. The van der Waals surface area contributed by atoms with Crippen molar-refractivity contribution in [3.05, 3.63) is 94.8 Å². The Hall–Kier alpha value is -3.52. The first-order chi connectivity index (χ1) is 15.4. The lowest BCUT2D eigenvalue weighted by Crippen LogP contribution is -2.19. The van der Waals surface area contributed by atoms with E-state index in [9.17, 15) is 4.39 Å². The van der Waals surface area contributed by atoms with Gasteiger partial charge in [-0.25, -0.2) is 4.39 Å². The van der Waals surface area contributed by atoms with Gasteiger partial charge in [-0.1, -0.05) is 36.4 Å². The van der Waals surface area contributed by atoms with Crippen LogP contribution in [-0.2, 0) is 13.1 Å². The maximum absolute atomic E-state index is 13.5. The second kappa shape index (κ2) is 9.32. The fourth-order valence-corrected chi connectivity index (χ4v) is 3.81. The van der Waals surface area contributed by atoms with Crippen LogP contribution in [0.5, 0.6) is 0 Å². The molecule has 6 nitrogen and oxygen atoms in total. The minimum absolute atomic E-state index is 0.254. The summed E-state index contributed by atoms with van der Waals surface area (Å²) in [5.41, 5.74) is 6.69. The van der Waals surface area contributed by atoms with Gasteiger partial charge >= 0.3 is 0 Å². The van der Waals surface area contributed by atoms with Crippen molar-refractivity contribution in [3.8, 4) is 0 Å². The molecule has 4 aromatic rings. The molecule has 4 rings (SSSR count). The normalized spacial score (nSPS) is 10.9. The SMILES string of the molecule is Cc1ccccc1Cn1cc(NC(=S)Nc2c(C)nn(Cc3cccc(F)c3)c2C)cn1. The molecule has 0 radical (unpaired) electrons. The molecule has 0 spiro atoms. The lowest BCUT2D eigenvalue weighted by Gasteiger charge is -2.10. The Morgan fingerprint density at radius 3 is 2.62 bits per heavy atom. The molecule has 0 aliphatic rings. The van der Waals surface area contributed by atoms with Gasteiger partial charge in [-0.2, -0.15) is 10.2 Å². The van der Waals surface area contributed by atoms with Gasteiger partial charge < -0.3 is 10.6 Å². The Morgan fingerprint density at radius 1 is 1.03 bits per heavy atom. The number of nitrogens with zero attached hydrogens (tertiary/aromatic N) is 4. The zero-order valence-corrected chi connectivity index (χ0v) is 19.1. The molecule has 2 aromatic carbocycles. The van der Waals surface area contributed by atoms with Gasteiger partial charge in [0, 0.05) is 6.20 Å². The van der Waals surface area contributed by atoms with Gasteiger partial charge in [0.2, 0.25) is 0 Å². The Balaban J connectivity index is 1.41. The van der Waals surface area contributed by atoms with Crippen LogP contribution in [0.2, 0.25) is 0 Å². The molecule has 0 amide bonds. The van der Waals surface area contributed by atoms with E-state index in [0.29, 0.717) is 18.2 Å². The molecule has 0 unspecified atom stereocenters. The van der Waals surface area contributed by atoms with Crippen molar-refractivity contribution in [1.29, 1.82) is 0 Å². The first-order valence-corrected chi connectivity index (χ1v) is 10.7. The standard InChI is InChI=1S/C24H25FN6S/c1-16-7-4-5-9-20(16)14-30-15-22(12-26-30)27-24(32)28-23-17(2)29-31(18(23)3)13-19-8-6-10-21(25)11-19/h4-12,15H,13-14H2,1-3H3,(H2,27,28,32). The third-order valence-electron chi connectivity index (χ3n) is 5.33. The minimum Gasteiger partial charge on any atom is -0.330 e. The summed E-state index contributed by atoms with van der Waals surface area (Å²) >= 11 is 5.51. The van der Waals surface area contributed by atoms with Gasteiger partial charge in [-0.3, -0.25) is 9.36 Å². The average Bonchev–Trinajstić information content (AvgIpc) is 3.29. The fraction of sp³-hybridized carbons (Fsp3) is 0.208. The smallest absolute Gasteiger partial charge is 0.175 e. The highest BCUT2D eigenvalue weighted by molar-refractivity contribution is 7.80. The molecule has 2 aromatic heterocycles. The third kappa shape index (κ3) is 5.03. The van der Waals surface area contributed by atoms with Gasteiger partial charge in [0.1, 0.15) is 5.82 Å². The summed E-state index contributed by atoms with van der Waals surface area (Å²) in [6.45, 7) is 7.15. The number of halogens is 1. The molecular formula is C24H25FN6S. The molecule has 32 heavy (non-hydrogen) atoms. The number of aryl methyl sites for hydroxylation is 2. The Bertz CT molecular complexity index is 1260. The first-order valence-electron chi connectivity index (χ1n) is 10.3. The number of benzene rings is 2. The summed E-state index contributed by atoms with van der Waals surface area (Å²) < 4.78 is 17.2. The van der Waals surface area contributed by atoms with Crippen LogP contribution in [0.15, 0.2) is 60.9 Å². The molecule has 0 saturated carbocycles. The predicted octanol–water partition coefficient (Wildman–Crippen LogP) is 5.05. The highest BCUT2D eigenvalue weighted by Crippen LogP contribution is 2.21. The number of thiocarbonyl (C=S) groups is 1.